The van der Waals surface area contributed by atoms with E-state index in [9.17, 15) is 25.3 Å². The maximum Gasteiger partial charge on any atom is 0.343 e. The van der Waals surface area contributed by atoms with E-state index in [0.717, 1.165) is 0 Å². The number of benzene rings is 1. The second-order valence-corrected chi connectivity index (χ2v) is 3.30. The van der Waals surface area contributed by atoms with Crippen LogP contribution < -0.4 is 5.48 Å². The summed E-state index contributed by atoms with van der Waals surface area (Å²) in [6, 6.07) is 0. The Balaban J connectivity index is 3.85. The molecule has 0 saturated carbocycles. The van der Waals surface area contributed by atoms with Crippen LogP contribution in [0.2, 0.25) is 0 Å². The second-order valence-electron chi connectivity index (χ2n) is 3.30. The van der Waals surface area contributed by atoms with Crippen molar-refractivity contribution in [3.8, 4) is 5.75 Å². The van der Waals surface area contributed by atoms with Crippen molar-refractivity contribution >= 4 is 17.1 Å². The van der Waals surface area contributed by atoms with Crippen LogP contribution in [0.1, 0.15) is 11.1 Å². The zero-order valence-corrected chi connectivity index (χ0v) is 8.92. The maximum absolute atomic E-state index is 10.8. The predicted octanol–water partition coefficient (Wildman–Crippen LogP) is 1.63. The van der Waals surface area contributed by atoms with E-state index in [4.69, 9.17) is 5.21 Å². The molecule has 0 bridgehead atoms. The summed E-state index contributed by atoms with van der Waals surface area (Å²) in [7, 11) is 0. The number of phenolic OH excluding ortho intramolecular Hbond substituents is 1. The van der Waals surface area contributed by atoms with E-state index in [1.807, 2.05) is 0 Å². The summed E-state index contributed by atoms with van der Waals surface area (Å²) in [5.74, 6) is -0.713. The van der Waals surface area contributed by atoms with Gasteiger partial charge in [-0.1, -0.05) is 0 Å². The number of hydrogen-bond acceptors (Lipinski definition) is 7. The molecule has 0 unspecified atom stereocenters. The molecule has 0 radical (unpaired) electrons. The molecule has 1 rings (SSSR count). The number of aromatic hydroxyl groups is 1. The van der Waals surface area contributed by atoms with E-state index >= 15 is 0 Å². The molecule has 0 aromatic heterocycles. The summed E-state index contributed by atoms with van der Waals surface area (Å²) in [6.45, 7) is 2.63. The van der Waals surface area contributed by atoms with Crippen LogP contribution in [0.4, 0.5) is 17.1 Å². The van der Waals surface area contributed by atoms with Crippen LogP contribution in [0.3, 0.4) is 0 Å². The highest BCUT2D eigenvalue weighted by molar-refractivity contribution is 5.81. The van der Waals surface area contributed by atoms with Gasteiger partial charge in [-0.15, -0.1) is 0 Å². The van der Waals surface area contributed by atoms with Gasteiger partial charge in [-0.05, 0) is 13.8 Å². The summed E-state index contributed by atoms with van der Waals surface area (Å²) < 4.78 is 0. The molecule has 9 nitrogen and oxygen atoms in total. The van der Waals surface area contributed by atoms with Crippen LogP contribution in [0.15, 0.2) is 0 Å². The number of hydrogen-bond donors (Lipinski definition) is 3. The van der Waals surface area contributed by atoms with Crippen molar-refractivity contribution < 1.29 is 20.2 Å². The van der Waals surface area contributed by atoms with E-state index in [1.54, 1.807) is 0 Å². The molecule has 0 fully saturated rings. The van der Waals surface area contributed by atoms with E-state index in [2.05, 4.69) is 0 Å². The number of nitrogens with zero attached hydrogens (tertiary/aromatic N) is 2. The van der Waals surface area contributed by atoms with Crippen LogP contribution in [-0.4, -0.2) is 20.2 Å². The Bertz CT molecular complexity index is 471. The minimum atomic E-state index is -1.01. The number of nitro groups is 2. The molecule has 0 aliphatic carbocycles. The molecule has 0 atom stereocenters. The normalized spacial score (nSPS) is 10.1. The van der Waals surface area contributed by atoms with E-state index < -0.39 is 32.7 Å². The van der Waals surface area contributed by atoms with Crippen molar-refractivity contribution in [2.24, 2.45) is 0 Å². The summed E-state index contributed by atoms with van der Waals surface area (Å²) in [5, 5.41) is 39.8. The lowest BCUT2D eigenvalue weighted by atomic mass is 10.0. The first kappa shape index (κ1) is 12.6. The molecule has 1 aromatic carbocycles. The van der Waals surface area contributed by atoms with E-state index in [0.29, 0.717) is 0 Å². The highest BCUT2D eigenvalue weighted by Crippen LogP contribution is 2.45. The fourth-order valence-electron chi connectivity index (χ4n) is 1.46. The lowest BCUT2D eigenvalue weighted by molar-refractivity contribution is -0.393. The van der Waals surface area contributed by atoms with Crippen molar-refractivity contribution in [3.63, 3.8) is 0 Å². The van der Waals surface area contributed by atoms with Crippen molar-refractivity contribution in [1.29, 1.82) is 0 Å². The van der Waals surface area contributed by atoms with Gasteiger partial charge in [0.05, 0.1) is 9.85 Å². The first-order valence-electron chi connectivity index (χ1n) is 4.37. The standard InChI is InChI=1S/C8H9N3O6/c1-3-4(2)8(12)7(11(16)17)5(9-13)6(3)10(14)15/h9,12-13H,1-2H3. The molecule has 92 valence electrons. The Morgan fingerprint density at radius 2 is 1.53 bits per heavy atom. The first-order chi connectivity index (χ1) is 7.82. The average Bonchev–Trinajstić information content (AvgIpc) is 2.23. The largest absolute Gasteiger partial charge is 0.502 e. The van der Waals surface area contributed by atoms with Crippen LogP contribution in [0.25, 0.3) is 0 Å². The minimum Gasteiger partial charge on any atom is -0.502 e. The molecular formula is C8H9N3O6. The summed E-state index contributed by atoms with van der Waals surface area (Å²) >= 11 is 0. The monoisotopic (exact) mass is 243 g/mol. The van der Waals surface area contributed by atoms with Gasteiger partial charge in [-0.25, -0.2) is 0 Å². The van der Waals surface area contributed by atoms with Crippen molar-refractivity contribution in [2.75, 3.05) is 5.48 Å². The Labute approximate surface area is 94.6 Å². The van der Waals surface area contributed by atoms with Crippen LogP contribution in [0, 0.1) is 34.1 Å². The van der Waals surface area contributed by atoms with Crippen molar-refractivity contribution in [2.45, 2.75) is 13.8 Å². The third-order valence-electron chi connectivity index (χ3n) is 2.45. The number of rotatable bonds is 3. The summed E-state index contributed by atoms with van der Waals surface area (Å²) in [5.41, 5.74) is -0.863. The molecule has 17 heavy (non-hydrogen) atoms. The zero-order chi connectivity index (χ0) is 13.3. The maximum atomic E-state index is 10.8. The van der Waals surface area contributed by atoms with Gasteiger partial charge in [0.1, 0.15) is 0 Å². The third-order valence-corrected chi connectivity index (χ3v) is 2.45. The van der Waals surface area contributed by atoms with Crippen LogP contribution in [0.5, 0.6) is 5.75 Å². The molecule has 9 heteroatoms. The lowest BCUT2D eigenvalue weighted by Crippen LogP contribution is -2.05. The Hall–Kier alpha value is -2.42. The molecule has 3 N–H and O–H groups in total. The summed E-state index contributed by atoms with van der Waals surface area (Å²) in [6.07, 6.45) is 0. The Morgan fingerprint density at radius 3 is 1.88 bits per heavy atom. The number of phenols is 1. The average molecular weight is 243 g/mol. The molecule has 0 aliphatic rings. The highest BCUT2D eigenvalue weighted by Gasteiger charge is 2.34. The predicted molar refractivity (Wildman–Crippen MR) is 56.3 cm³/mol. The topological polar surface area (TPSA) is 139 Å². The fraction of sp³-hybridized carbons (Fsp3) is 0.250. The van der Waals surface area contributed by atoms with Crippen LogP contribution >= 0.6 is 0 Å². The van der Waals surface area contributed by atoms with Crippen molar-refractivity contribution in [1.82, 2.24) is 0 Å². The van der Waals surface area contributed by atoms with Gasteiger partial charge >= 0.3 is 11.4 Å². The zero-order valence-electron chi connectivity index (χ0n) is 8.92. The van der Waals surface area contributed by atoms with E-state index in [-0.39, 0.29) is 11.1 Å². The lowest BCUT2D eigenvalue weighted by Gasteiger charge is -2.09. The van der Waals surface area contributed by atoms with Gasteiger partial charge < -0.3 is 5.11 Å². The molecule has 0 aliphatic heterocycles. The molecule has 0 amide bonds. The van der Waals surface area contributed by atoms with E-state index in [1.165, 1.54) is 19.3 Å². The smallest absolute Gasteiger partial charge is 0.343 e. The van der Waals surface area contributed by atoms with Crippen LogP contribution in [-0.2, 0) is 0 Å². The van der Waals surface area contributed by atoms with Gasteiger partial charge in [-0.3, -0.25) is 30.9 Å². The molecule has 1 aromatic rings. The summed E-state index contributed by atoms with van der Waals surface area (Å²) in [4.78, 5) is 19.6. The van der Waals surface area contributed by atoms with Gasteiger partial charge in [-0.2, -0.15) is 0 Å². The molecule has 0 heterocycles. The first-order valence-corrected chi connectivity index (χ1v) is 4.37. The SMILES string of the molecule is Cc1c(C)c([N+](=O)[O-])c(NO)c([N+](=O)[O-])c1O. The third kappa shape index (κ3) is 1.83. The molecule has 0 spiro atoms. The molecular weight excluding hydrogens is 234 g/mol. The Kier molecular flexibility index (Phi) is 3.14. The van der Waals surface area contributed by atoms with Gasteiger partial charge in [0.15, 0.2) is 5.75 Å². The number of nitrogens with one attached hydrogen (secondary N) is 1. The van der Waals surface area contributed by atoms with Gasteiger partial charge in [0.25, 0.3) is 0 Å². The second kappa shape index (κ2) is 4.22. The number of nitro benzene ring substituents is 2. The highest BCUT2D eigenvalue weighted by atomic mass is 16.6. The molecule has 0 saturated heterocycles. The number of anilines is 1. The minimum absolute atomic E-state index is 0.0161. The van der Waals surface area contributed by atoms with Gasteiger partial charge in [0.2, 0.25) is 5.69 Å². The van der Waals surface area contributed by atoms with Gasteiger partial charge in [0, 0.05) is 11.1 Å². The van der Waals surface area contributed by atoms with Crippen molar-refractivity contribution in [3.05, 3.63) is 31.4 Å². The Morgan fingerprint density at radius 1 is 1.06 bits per heavy atom. The quantitative estimate of drug-likeness (QED) is 0.541. The fourth-order valence-corrected chi connectivity index (χ4v) is 1.46.